The molecule has 0 heterocycles. The van der Waals surface area contributed by atoms with Crippen LogP contribution in [0.5, 0.6) is 0 Å². The van der Waals surface area contributed by atoms with Gasteiger partial charge in [-0.15, -0.1) is 0 Å². The first-order valence-electron chi connectivity index (χ1n) is 4.15. The van der Waals surface area contributed by atoms with E-state index in [-0.39, 0.29) is 5.97 Å². The largest absolute Gasteiger partial charge is 0.466 e. The summed E-state index contributed by atoms with van der Waals surface area (Å²) in [6.45, 7) is 1.95. The van der Waals surface area contributed by atoms with Gasteiger partial charge < -0.3 is 4.74 Å². The van der Waals surface area contributed by atoms with E-state index < -0.39 is 0 Å². The molecule has 14 heavy (non-hydrogen) atoms. The quantitative estimate of drug-likeness (QED) is 0.554. The topological polar surface area (TPSA) is 26.3 Å². The van der Waals surface area contributed by atoms with Gasteiger partial charge in [-0.2, -0.15) is 0 Å². The highest BCUT2D eigenvalue weighted by molar-refractivity contribution is 6.30. The first-order valence-corrected chi connectivity index (χ1v) is 4.53. The molecule has 3 heteroatoms. The first-order chi connectivity index (χ1) is 6.63. The Hall–Kier alpha value is -1.28. The summed E-state index contributed by atoms with van der Waals surface area (Å²) in [7, 11) is 1.34. The SMILES string of the molecule is COC(=O)/C=C\c1cc(Cl)ccc1C. The second-order valence-electron chi connectivity index (χ2n) is 2.86. The number of carbonyl (C=O) groups is 1. The molecule has 0 fully saturated rings. The van der Waals surface area contributed by atoms with E-state index in [1.54, 1.807) is 12.1 Å². The number of hydrogen-bond donors (Lipinski definition) is 0. The van der Waals surface area contributed by atoms with Gasteiger partial charge in [0.25, 0.3) is 0 Å². The second kappa shape index (κ2) is 4.82. The van der Waals surface area contributed by atoms with Crippen LogP contribution in [0.1, 0.15) is 11.1 Å². The maximum atomic E-state index is 10.8. The lowest BCUT2D eigenvalue weighted by atomic mass is 10.1. The Bertz CT molecular complexity index is 370. The Morgan fingerprint density at radius 1 is 1.50 bits per heavy atom. The third kappa shape index (κ3) is 2.89. The van der Waals surface area contributed by atoms with Crippen molar-refractivity contribution in [3.63, 3.8) is 0 Å². The third-order valence-corrected chi connectivity index (χ3v) is 2.08. The Labute approximate surface area is 88.1 Å². The minimum Gasteiger partial charge on any atom is -0.466 e. The summed E-state index contributed by atoms with van der Waals surface area (Å²) in [5.74, 6) is -0.371. The van der Waals surface area contributed by atoms with Crippen LogP contribution in [0.15, 0.2) is 24.3 Å². The minimum atomic E-state index is -0.371. The smallest absolute Gasteiger partial charge is 0.330 e. The van der Waals surface area contributed by atoms with E-state index in [1.165, 1.54) is 13.2 Å². The van der Waals surface area contributed by atoms with Crippen LogP contribution in [0.25, 0.3) is 6.08 Å². The molecule has 0 N–H and O–H groups in total. The summed E-state index contributed by atoms with van der Waals surface area (Å²) in [5.41, 5.74) is 1.98. The standard InChI is InChI=1S/C11H11ClO2/c1-8-3-5-10(12)7-9(8)4-6-11(13)14-2/h3-7H,1-2H3/b6-4-. The average molecular weight is 211 g/mol. The zero-order valence-electron chi connectivity index (χ0n) is 8.08. The molecule has 0 saturated carbocycles. The second-order valence-corrected chi connectivity index (χ2v) is 3.29. The van der Waals surface area contributed by atoms with Crippen molar-refractivity contribution < 1.29 is 9.53 Å². The van der Waals surface area contributed by atoms with E-state index in [0.29, 0.717) is 5.02 Å². The zero-order chi connectivity index (χ0) is 10.6. The minimum absolute atomic E-state index is 0.371. The van der Waals surface area contributed by atoms with Gasteiger partial charge >= 0.3 is 5.97 Å². The van der Waals surface area contributed by atoms with Gasteiger partial charge in [0.1, 0.15) is 0 Å². The molecule has 1 aromatic rings. The normalized spacial score (nSPS) is 10.5. The van der Waals surface area contributed by atoms with Crippen molar-refractivity contribution >= 4 is 23.6 Å². The monoisotopic (exact) mass is 210 g/mol. The highest BCUT2D eigenvalue weighted by atomic mass is 35.5. The molecule has 1 aromatic carbocycles. The fraction of sp³-hybridized carbons (Fsp3) is 0.182. The molecule has 0 saturated heterocycles. The van der Waals surface area contributed by atoms with Crippen molar-refractivity contribution in [2.45, 2.75) is 6.92 Å². The van der Waals surface area contributed by atoms with Gasteiger partial charge in [-0.25, -0.2) is 4.79 Å². The van der Waals surface area contributed by atoms with Crippen molar-refractivity contribution in [3.8, 4) is 0 Å². The zero-order valence-corrected chi connectivity index (χ0v) is 8.84. The average Bonchev–Trinajstić information content (AvgIpc) is 2.19. The molecule has 0 aliphatic heterocycles. The number of hydrogen-bond acceptors (Lipinski definition) is 2. The number of esters is 1. The first kappa shape index (κ1) is 10.8. The van der Waals surface area contributed by atoms with Crippen molar-refractivity contribution in [1.29, 1.82) is 0 Å². The van der Waals surface area contributed by atoms with Crippen LogP contribution in [0.3, 0.4) is 0 Å². The third-order valence-electron chi connectivity index (χ3n) is 1.84. The molecule has 0 aromatic heterocycles. The molecule has 2 nitrogen and oxygen atoms in total. The molecule has 0 atom stereocenters. The Balaban J connectivity index is 2.90. The molecule has 0 aliphatic rings. The lowest BCUT2D eigenvalue weighted by molar-refractivity contribution is -0.134. The predicted molar refractivity (Wildman–Crippen MR) is 57.2 cm³/mol. The highest BCUT2D eigenvalue weighted by Crippen LogP contribution is 2.16. The number of methoxy groups -OCH3 is 1. The fourth-order valence-corrected chi connectivity index (χ4v) is 1.20. The lowest BCUT2D eigenvalue weighted by Crippen LogP contribution is -1.93. The van der Waals surface area contributed by atoms with Gasteiger partial charge in [-0.1, -0.05) is 17.7 Å². The summed E-state index contributed by atoms with van der Waals surface area (Å²) < 4.78 is 4.48. The van der Waals surface area contributed by atoms with Crippen LogP contribution in [0, 0.1) is 6.92 Å². The van der Waals surface area contributed by atoms with Gasteiger partial charge in [0.05, 0.1) is 7.11 Å². The van der Waals surface area contributed by atoms with Crippen molar-refractivity contribution in [3.05, 3.63) is 40.4 Å². The van der Waals surface area contributed by atoms with Crippen molar-refractivity contribution in [2.24, 2.45) is 0 Å². The lowest BCUT2D eigenvalue weighted by Gasteiger charge is -1.99. The van der Waals surface area contributed by atoms with Crippen LogP contribution in [-0.4, -0.2) is 13.1 Å². The van der Waals surface area contributed by atoms with E-state index >= 15 is 0 Å². The van der Waals surface area contributed by atoms with Crippen LogP contribution in [-0.2, 0) is 9.53 Å². The van der Waals surface area contributed by atoms with Gasteiger partial charge in [-0.05, 0) is 36.3 Å². The van der Waals surface area contributed by atoms with E-state index in [2.05, 4.69) is 4.74 Å². The molecular weight excluding hydrogens is 200 g/mol. The number of ether oxygens (including phenoxy) is 1. The molecular formula is C11H11ClO2. The number of benzene rings is 1. The van der Waals surface area contributed by atoms with Crippen LogP contribution < -0.4 is 0 Å². The Kier molecular flexibility index (Phi) is 3.72. The molecule has 0 amide bonds. The molecule has 74 valence electrons. The maximum Gasteiger partial charge on any atom is 0.330 e. The fourth-order valence-electron chi connectivity index (χ4n) is 1.02. The van der Waals surface area contributed by atoms with E-state index in [4.69, 9.17) is 11.6 Å². The van der Waals surface area contributed by atoms with Crippen molar-refractivity contribution in [1.82, 2.24) is 0 Å². The van der Waals surface area contributed by atoms with E-state index in [9.17, 15) is 4.79 Å². The van der Waals surface area contributed by atoms with Gasteiger partial charge in [0, 0.05) is 11.1 Å². The number of carbonyl (C=O) groups excluding carboxylic acids is 1. The molecule has 0 unspecified atom stereocenters. The Morgan fingerprint density at radius 2 is 2.21 bits per heavy atom. The summed E-state index contributed by atoms with van der Waals surface area (Å²) >= 11 is 5.82. The summed E-state index contributed by atoms with van der Waals surface area (Å²) in [4.78, 5) is 10.8. The number of rotatable bonds is 2. The maximum absolute atomic E-state index is 10.8. The highest BCUT2D eigenvalue weighted by Gasteiger charge is 1.97. The van der Waals surface area contributed by atoms with Gasteiger partial charge in [-0.3, -0.25) is 0 Å². The summed E-state index contributed by atoms with van der Waals surface area (Å²) in [6.07, 6.45) is 3.06. The molecule has 0 spiro atoms. The molecule has 0 bridgehead atoms. The summed E-state index contributed by atoms with van der Waals surface area (Å²) in [5, 5.41) is 0.653. The van der Waals surface area contributed by atoms with E-state index in [1.807, 2.05) is 19.1 Å². The Morgan fingerprint density at radius 3 is 2.86 bits per heavy atom. The number of halogens is 1. The van der Waals surface area contributed by atoms with E-state index in [0.717, 1.165) is 11.1 Å². The summed E-state index contributed by atoms with van der Waals surface area (Å²) in [6, 6.07) is 5.52. The van der Waals surface area contributed by atoms with Gasteiger partial charge in [0.15, 0.2) is 0 Å². The van der Waals surface area contributed by atoms with Crippen LogP contribution in [0.2, 0.25) is 5.02 Å². The molecule has 0 aliphatic carbocycles. The molecule has 0 radical (unpaired) electrons. The predicted octanol–water partition coefficient (Wildman–Crippen LogP) is 2.83. The van der Waals surface area contributed by atoms with Crippen LogP contribution in [0.4, 0.5) is 0 Å². The van der Waals surface area contributed by atoms with Crippen LogP contribution >= 0.6 is 11.6 Å². The number of aryl methyl sites for hydroxylation is 1. The molecule has 1 rings (SSSR count). The van der Waals surface area contributed by atoms with Crippen molar-refractivity contribution in [2.75, 3.05) is 7.11 Å². The van der Waals surface area contributed by atoms with Gasteiger partial charge in [0.2, 0.25) is 0 Å².